The quantitative estimate of drug-likeness (QED) is 0.715. The molecule has 0 N–H and O–H groups in total. The minimum atomic E-state index is -0.283. The van der Waals surface area contributed by atoms with E-state index in [1.54, 1.807) is 18.5 Å². The molecule has 0 bridgehead atoms. The Hall–Kier alpha value is -2.42. The van der Waals surface area contributed by atoms with Crippen LogP contribution in [0.5, 0.6) is 0 Å². The topological polar surface area (TPSA) is 39.2 Å². The number of rotatable bonds is 1. The van der Waals surface area contributed by atoms with Gasteiger partial charge in [0, 0.05) is 18.0 Å². The molecule has 1 aliphatic heterocycles. The van der Waals surface area contributed by atoms with Gasteiger partial charge in [0.15, 0.2) is 0 Å². The molecule has 3 rings (SSSR count). The minimum absolute atomic E-state index is 0.283. The standard InChI is InChI=1S/C15H11NO2/c1-10(11-6-8-16-9-7-11)14-12-4-2-3-5-13(12)15(17)18-14/h2-9H,1H3. The second-order valence-electron chi connectivity index (χ2n) is 4.13. The first-order valence-corrected chi connectivity index (χ1v) is 5.70. The molecular weight excluding hydrogens is 226 g/mol. The van der Waals surface area contributed by atoms with E-state index in [0.717, 1.165) is 16.7 Å². The van der Waals surface area contributed by atoms with E-state index in [9.17, 15) is 4.79 Å². The fraction of sp³-hybridized carbons (Fsp3) is 0.0667. The van der Waals surface area contributed by atoms with Crippen LogP contribution in [0.4, 0.5) is 0 Å². The van der Waals surface area contributed by atoms with Gasteiger partial charge in [-0.25, -0.2) is 4.79 Å². The number of pyridine rings is 1. The van der Waals surface area contributed by atoms with E-state index < -0.39 is 0 Å². The number of aromatic nitrogens is 1. The summed E-state index contributed by atoms with van der Waals surface area (Å²) in [4.78, 5) is 15.7. The SMILES string of the molecule is CC(=C1OC(=O)c2ccccc21)c1ccncc1. The predicted molar refractivity (Wildman–Crippen MR) is 68.6 cm³/mol. The summed E-state index contributed by atoms with van der Waals surface area (Å²) in [7, 11) is 0. The summed E-state index contributed by atoms with van der Waals surface area (Å²) in [6, 6.07) is 11.2. The number of fused-ring (bicyclic) bond motifs is 1. The van der Waals surface area contributed by atoms with E-state index in [1.807, 2.05) is 37.3 Å². The van der Waals surface area contributed by atoms with Crippen LogP contribution < -0.4 is 0 Å². The number of benzene rings is 1. The molecule has 0 saturated heterocycles. The maximum absolute atomic E-state index is 11.7. The van der Waals surface area contributed by atoms with Gasteiger partial charge in [0.1, 0.15) is 5.76 Å². The number of hydrogen-bond donors (Lipinski definition) is 0. The van der Waals surface area contributed by atoms with Gasteiger partial charge in [0.05, 0.1) is 5.56 Å². The average Bonchev–Trinajstić information content (AvgIpc) is 2.77. The molecule has 2 aromatic rings. The van der Waals surface area contributed by atoms with Crippen LogP contribution in [-0.2, 0) is 4.74 Å². The second-order valence-corrected chi connectivity index (χ2v) is 4.13. The van der Waals surface area contributed by atoms with Crippen LogP contribution in [-0.4, -0.2) is 11.0 Å². The third kappa shape index (κ3) is 1.61. The van der Waals surface area contributed by atoms with Crippen molar-refractivity contribution < 1.29 is 9.53 Å². The summed E-state index contributed by atoms with van der Waals surface area (Å²) in [5, 5.41) is 0. The van der Waals surface area contributed by atoms with Gasteiger partial charge in [-0.1, -0.05) is 18.2 Å². The van der Waals surface area contributed by atoms with Crippen LogP contribution in [0.2, 0.25) is 0 Å². The molecule has 0 saturated carbocycles. The second kappa shape index (κ2) is 4.11. The first kappa shape index (κ1) is 10.7. The van der Waals surface area contributed by atoms with Gasteiger partial charge in [-0.3, -0.25) is 4.98 Å². The number of hydrogen-bond acceptors (Lipinski definition) is 3. The molecule has 1 aromatic heterocycles. The number of nitrogens with zero attached hydrogens (tertiary/aromatic N) is 1. The van der Waals surface area contributed by atoms with Crippen molar-refractivity contribution in [2.24, 2.45) is 0 Å². The Balaban J connectivity index is 2.17. The molecule has 18 heavy (non-hydrogen) atoms. The molecule has 0 unspecified atom stereocenters. The Morgan fingerprint density at radius 2 is 1.72 bits per heavy atom. The molecule has 0 spiro atoms. The zero-order valence-corrected chi connectivity index (χ0v) is 9.88. The molecule has 0 amide bonds. The van der Waals surface area contributed by atoms with E-state index in [1.165, 1.54) is 0 Å². The Morgan fingerprint density at radius 3 is 2.44 bits per heavy atom. The normalized spacial score (nSPS) is 16.2. The zero-order valence-electron chi connectivity index (χ0n) is 9.88. The van der Waals surface area contributed by atoms with Crippen molar-refractivity contribution in [2.45, 2.75) is 6.92 Å². The summed E-state index contributed by atoms with van der Waals surface area (Å²) in [5.74, 6) is 0.357. The van der Waals surface area contributed by atoms with Crippen molar-refractivity contribution >= 4 is 17.3 Å². The van der Waals surface area contributed by atoms with Crippen LogP contribution in [0, 0.1) is 0 Å². The zero-order chi connectivity index (χ0) is 12.5. The van der Waals surface area contributed by atoms with Crippen molar-refractivity contribution in [3.05, 3.63) is 65.5 Å². The first-order valence-electron chi connectivity index (χ1n) is 5.70. The smallest absolute Gasteiger partial charge is 0.344 e. The highest BCUT2D eigenvalue weighted by Crippen LogP contribution is 2.34. The Bertz CT molecular complexity index is 645. The van der Waals surface area contributed by atoms with Crippen LogP contribution in [0.15, 0.2) is 48.8 Å². The lowest BCUT2D eigenvalue weighted by molar-refractivity contribution is 0.0716. The predicted octanol–water partition coefficient (Wildman–Crippen LogP) is 3.14. The molecule has 88 valence electrons. The fourth-order valence-corrected chi connectivity index (χ4v) is 2.07. The molecule has 3 nitrogen and oxygen atoms in total. The van der Waals surface area contributed by atoms with Gasteiger partial charge < -0.3 is 4.74 Å². The maximum atomic E-state index is 11.7. The Kier molecular flexibility index (Phi) is 2.45. The van der Waals surface area contributed by atoms with Crippen LogP contribution in [0.25, 0.3) is 11.3 Å². The number of carbonyl (C=O) groups excluding carboxylic acids is 1. The van der Waals surface area contributed by atoms with Crippen molar-refractivity contribution in [3.63, 3.8) is 0 Å². The molecule has 1 aliphatic rings. The summed E-state index contributed by atoms with van der Waals surface area (Å²) >= 11 is 0. The van der Waals surface area contributed by atoms with Crippen molar-refractivity contribution in [1.82, 2.24) is 4.98 Å². The molecule has 3 heteroatoms. The minimum Gasteiger partial charge on any atom is -0.422 e. The van der Waals surface area contributed by atoms with Gasteiger partial charge in [0.25, 0.3) is 0 Å². The highest BCUT2D eigenvalue weighted by molar-refractivity contribution is 6.07. The third-order valence-electron chi connectivity index (χ3n) is 3.04. The Morgan fingerprint density at radius 1 is 1.06 bits per heavy atom. The molecule has 0 aliphatic carbocycles. The summed E-state index contributed by atoms with van der Waals surface area (Å²) < 4.78 is 5.37. The van der Waals surface area contributed by atoms with Crippen LogP contribution in [0.3, 0.4) is 0 Å². The van der Waals surface area contributed by atoms with Gasteiger partial charge in [0.2, 0.25) is 0 Å². The van der Waals surface area contributed by atoms with Crippen molar-refractivity contribution in [1.29, 1.82) is 0 Å². The lowest BCUT2D eigenvalue weighted by Gasteiger charge is -2.05. The number of allylic oxidation sites excluding steroid dienone is 1. The summed E-state index contributed by atoms with van der Waals surface area (Å²) in [6.07, 6.45) is 3.45. The first-order chi connectivity index (χ1) is 8.77. The molecule has 0 fully saturated rings. The van der Waals surface area contributed by atoms with Crippen molar-refractivity contribution in [2.75, 3.05) is 0 Å². The molecule has 1 aromatic carbocycles. The number of carbonyl (C=O) groups is 1. The van der Waals surface area contributed by atoms with Gasteiger partial charge in [-0.05, 0) is 36.3 Å². The van der Waals surface area contributed by atoms with E-state index in [-0.39, 0.29) is 5.97 Å². The van der Waals surface area contributed by atoms with Gasteiger partial charge in [-0.2, -0.15) is 0 Å². The number of ether oxygens (including phenoxy) is 1. The summed E-state index contributed by atoms with van der Waals surface area (Å²) in [6.45, 7) is 1.94. The third-order valence-corrected chi connectivity index (χ3v) is 3.04. The Labute approximate surface area is 105 Å². The molecular formula is C15H11NO2. The monoisotopic (exact) mass is 237 g/mol. The molecule has 2 heterocycles. The van der Waals surface area contributed by atoms with E-state index in [4.69, 9.17) is 4.74 Å². The number of esters is 1. The largest absolute Gasteiger partial charge is 0.422 e. The highest BCUT2D eigenvalue weighted by atomic mass is 16.5. The van der Waals surface area contributed by atoms with Gasteiger partial charge in [-0.15, -0.1) is 0 Å². The number of cyclic esters (lactones) is 1. The lowest BCUT2D eigenvalue weighted by Crippen LogP contribution is -1.93. The average molecular weight is 237 g/mol. The maximum Gasteiger partial charge on any atom is 0.344 e. The fourth-order valence-electron chi connectivity index (χ4n) is 2.07. The molecule has 0 radical (unpaired) electrons. The van der Waals surface area contributed by atoms with E-state index in [2.05, 4.69) is 4.98 Å². The van der Waals surface area contributed by atoms with Crippen LogP contribution >= 0.6 is 0 Å². The van der Waals surface area contributed by atoms with Crippen molar-refractivity contribution in [3.8, 4) is 0 Å². The van der Waals surface area contributed by atoms with E-state index >= 15 is 0 Å². The molecule has 0 atom stereocenters. The lowest BCUT2D eigenvalue weighted by atomic mass is 10.0. The van der Waals surface area contributed by atoms with Gasteiger partial charge >= 0.3 is 5.97 Å². The van der Waals surface area contributed by atoms with Crippen LogP contribution in [0.1, 0.15) is 28.4 Å². The highest BCUT2D eigenvalue weighted by Gasteiger charge is 2.27. The van der Waals surface area contributed by atoms with E-state index in [0.29, 0.717) is 11.3 Å². The summed E-state index contributed by atoms with van der Waals surface area (Å²) in [5.41, 5.74) is 3.43.